The van der Waals surface area contributed by atoms with Crippen molar-refractivity contribution in [3.63, 3.8) is 0 Å². The van der Waals surface area contributed by atoms with E-state index in [1.165, 1.54) is 86.6 Å². The molecule has 4 aliphatic rings. The number of carbonyl (C=O) groups excluding carboxylic acids is 12. The van der Waals surface area contributed by atoms with Gasteiger partial charge in [0.15, 0.2) is 34.0 Å². The Hall–Kier alpha value is -15.8. The molecule has 2 aromatic heterocycles. The largest absolute Gasteiger partial charge is 0.508 e. The number of thiol groups is 1. The van der Waals surface area contributed by atoms with Gasteiger partial charge in [0, 0.05) is 157 Å². The van der Waals surface area contributed by atoms with Crippen LogP contribution >= 0.6 is 12.6 Å². The molecular formula is C112H125F3N8O26S. The van der Waals surface area contributed by atoms with Gasteiger partial charge >= 0.3 is 28.7 Å². The van der Waals surface area contributed by atoms with E-state index >= 15 is 0 Å². The van der Waals surface area contributed by atoms with Crippen LogP contribution in [-0.4, -0.2) is 159 Å². The van der Waals surface area contributed by atoms with E-state index in [1.54, 1.807) is 98.8 Å². The normalized spacial score (nSPS) is 12.0. The average molecular weight is 2090 g/mol. The van der Waals surface area contributed by atoms with Crippen LogP contribution in [0.4, 0.5) is 13.2 Å². The second-order valence-corrected chi connectivity index (χ2v) is 38.0. The Labute approximate surface area is 866 Å². The Balaban J connectivity index is 0.000000316. The molecule has 4 atom stereocenters. The lowest BCUT2D eigenvalue weighted by atomic mass is 9.89. The van der Waals surface area contributed by atoms with Crippen LogP contribution in [0, 0.1) is 25.7 Å². The maximum absolute atomic E-state index is 13.6. The predicted molar refractivity (Wildman–Crippen MR) is 562 cm³/mol. The van der Waals surface area contributed by atoms with Crippen LogP contribution in [0.2, 0.25) is 0 Å². The third-order valence-corrected chi connectivity index (χ3v) is 24.5. The van der Waals surface area contributed by atoms with Crippen molar-refractivity contribution in [2.24, 2.45) is 11.8 Å². The molecule has 0 saturated carbocycles. The second kappa shape index (κ2) is 55.9. The number of carbonyl (C=O) groups is 14. The summed E-state index contributed by atoms with van der Waals surface area (Å²) in [6, 6.07) is 35.5. The second-order valence-electron chi connectivity index (χ2n) is 37.5. The maximum Gasteiger partial charge on any atom is 0.438 e. The minimum atomic E-state index is -4.31. The van der Waals surface area contributed by atoms with Crippen molar-refractivity contribution in [1.82, 2.24) is 42.5 Å². The number of phenolic OH excluding ortho intramolecular Hbond substituents is 2. The Morgan fingerprint density at radius 3 is 1.07 bits per heavy atom. The topological polar surface area (TPSA) is 537 Å². The molecule has 6 aromatic carbocycles. The Morgan fingerprint density at radius 2 is 0.713 bits per heavy atom. The van der Waals surface area contributed by atoms with Crippen LogP contribution in [0.3, 0.4) is 0 Å². The first-order chi connectivity index (χ1) is 70.7. The van der Waals surface area contributed by atoms with Crippen molar-refractivity contribution >= 4 is 139 Å². The van der Waals surface area contributed by atoms with E-state index in [1.807, 2.05) is 27.7 Å². The number of rotatable bonds is 50. The van der Waals surface area contributed by atoms with Gasteiger partial charge in [-0.1, -0.05) is 122 Å². The van der Waals surface area contributed by atoms with E-state index in [-0.39, 0.29) is 185 Å². The molecule has 38 heteroatoms. The standard InChI is InChI=1S/2C55H60N4O13.CHF3S.CH4/c2*1-31(2)23-44(54(68)57-30-51(66)58-43(11-9-10-22-56-33(4)60)46(64)25-34-14-18-38-32(3)24-52(67)72-47(38)26-34)59-50(65)13-8-6-5-7-12-45(63)35-15-19-39(42(27-35)55(69)70)53-40-20-16-36(61)28-48(40)71-49-29-37(62)17-21-41(49)53;2-1(3,4)5;/h2*14-21,24,26-29,31,43-44,61H,5-13,22-23,25,30H2,1-4H3,(H,56,60)(H,57,68)(H,58,66)(H,59,65)(H,69,70);5H;1H4/t2*43-,44-;;/m00../s1. The van der Waals surface area contributed by atoms with Crippen molar-refractivity contribution in [2.45, 2.75) is 234 Å². The molecular weight excluding hydrogens is 1960 g/mol. The molecule has 2 aliphatic carbocycles. The van der Waals surface area contributed by atoms with Crippen LogP contribution in [0.25, 0.3) is 88.8 Å². The van der Waals surface area contributed by atoms with E-state index in [4.69, 9.17) is 17.7 Å². The number of aromatic carboxylic acids is 2. The lowest BCUT2D eigenvalue weighted by Crippen LogP contribution is -2.51. The van der Waals surface area contributed by atoms with Gasteiger partial charge in [-0.2, -0.15) is 13.2 Å². The third-order valence-electron chi connectivity index (χ3n) is 24.5. The fraction of sp³-hybridized carbons (Fsp3) is 0.375. The van der Waals surface area contributed by atoms with E-state index < -0.39 is 89.6 Å². The molecule has 0 saturated heterocycles. The van der Waals surface area contributed by atoms with Gasteiger partial charge < -0.3 is 80.6 Å². The quantitative estimate of drug-likeness (QED) is 0.00553. The number of Topliss-reactive ketones (excluding diaryl/α,β-unsaturated/α-hetero) is 4. The van der Waals surface area contributed by atoms with Crippen molar-refractivity contribution in [3.8, 4) is 56.4 Å². The minimum Gasteiger partial charge on any atom is -0.508 e. The highest BCUT2D eigenvalue weighted by Gasteiger charge is 2.32. The van der Waals surface area contributed by atoms with Gasteiger partial charge in [0.25, 0.3) is 0 Å². The number of fused-ring (bicyclic) bond motifs is 6. The Kier molecular flexibility index (Phi) is 43.9. The molecule has 0 radical (unpaired) electrons. The number of carboxylic acids is 2. The smallest absolute Gasteiger partial charge is 0.438 e. The zero-order valence-electron chi connectivity index (χ0n) is 83.7. The zero-order valence-corrected chi connectivity index (χ0v) is 84.6. The average Bonchev–Trinajstić information content (AvgIpc) is 0.745. The number of aryl methyl sites for hydroxylation is 2. The lowest BCUT2D eigenvalue weighted by Gasteiger charge is -2.21. The fourth-order valence-corrected chi connectivity index (χ4v) is 17.4. The summed E-state index contributed by atoms with van der Waals surface area (Å²) in [5.74, 6) is -6.76. The van der Waals surface area contributed by atoms with E-state index in [0.29, 0.717) is 169 Å². The molecule has 8 aromatic rings. The Morgan fingerprint density at radius 1 is 0.373 bits per heavy atom. The SMILES string of the molecule is C.CC(=O)NCCCC[C@H](NC(=O)CNC(=O)[C@H](CC(C)C)NC(=O)CCCCCCC(=O)c1ccc(-c2c3ccc(=O)cc-3oc3cc(O)ccc23)c(C(=O)O)c1)C(=O)Cc1ccc2c(C)cc(=O)oc2c1.CC(=O)NCCCC[C@H](NC(=O)CNC(=O)[C@H](CC(C)C)NC(=O)CCCCCCC(=O)c1ccc(-c2c3ccc(=O)cc-3oc3cc(O)ccc23)c(C(=O)O)c1)C(=O)Cc1ccc2c(C)cc(=O)oc2c1.FC(F)(F)S. The third kappa shape index (κ3) is 35.8. The predicted octanol–water partition coefficient (Wildman–Crippen LogP) is 16.4. The monoisotopic (exact) mass is 2090 g/mol. The molecule has 12 rings (SSSR count). The van der Waals surface area contributed by atoms with Crippen LogP contribution in [0.5, 0.6) is 11.5 Å². The van der Waals surface area contributed by atoms with Crippen LogP contribution in [-0.2, 0) is 60.8 Å². The first kappa shape index (κ1) is 118. The number of aromatic hydroxyl groups is 2. The lowest BCUT2D eigenvalue weighted by molar-refractivity contribution is -0.131. The number of halogens is 3. The number of amides is 8. The first-order valence-electron chi connectivity index (χ1n) is 49.1. The number of hydrogen-bond donors (Lipinski definition) is 13. The number of hydrogen-bond acceptors (Lipinski definition) is 25. The number of carboxylic acid groups (broad SMARTS) is 2. The number of phenols is 2. The van der Waals surface area contributed by atoms with Crippen LogP contribution in [0.1, 0.15) is 241 Å². The van der Waals surface area contributed by atoms with E-state index in [2.05, 4.69) is 55.2 Å². The highest BCUT2D eigenvalue weighted by molar-refractivity contribution is 7.81. The molecule has 34 nitrogen and oxygen atoms in total. The maximum atomic E-state index is 13.6. The number of nitrogens with one attached hydrogen (secondary N) is 8. The fourth-order valence-electron chi connectivity index (χ4n) is 17.4. The van der Waals surface area contributed by atoms with Gasteiger partial charge in [-0.05, 0) is 209 Å². The highest BCUT2D eigenvalue weighted by Crippen LogP contribution is 2.45. The molecule has 2 aliphatic heterocycles. The molecule has 0 fully saturated rings. The minimum absolute atomic E-state index is 0. The summed E-state index contributed by atoms with van der Waals surface area (Å²) < 4.78 is 53.1. The molecule has 0 unspecified atom stereocenters. The summed E-state index contributed by atoms with van der Waals surface area (Å²) in [5, 5.41) is 65.0. The first-order valence-corrected chi connectivity index (χ1v) is 49.5. The number of ketones is 4. The zero-order chi connectivity index (χ0) is 109. The summed E-state index contributed by atoms with van der Waals surface area (Å²) in [6.45, 7) is 13.9. The molecule has 796 valence electrons. The summed E-state index contributed by atoms with van der Waals surface area (Å²) in [5.41, 5.74) is 0.544. The van der Waals surface area contributed by atoms with E-state index in [0.717, 1.165) is 21.9 Å². The van der Waals surface area contributed by atoms with Crippen molar-refractivity contribution in [3.05, 3.63) is 244 Å². The van der Waals surface area contributed by atoms with Gasteiger partial charge in [0.05, 0.1) is 36.3 Å². The summed E-state index contributed by atoms with van der Waals surface area (Å²) >= 11 is 2.12. The highest BCUT2D eigenvalue weighted by atomic mass is 32.1. The summed E-state index contributed by atoms with van der Waals surface area (Å²) in [4.78, 5) is 229. The molecule has 4 heterocycles. The van der Waals surface area contributed by atoms with Crippen molar-refractivity contribution in [2.75, 3.05) is 26.2 Å². The van der Waals surface area contributed by atoms with E-state index in [9.17, 15) is 120 Å². The van der Waals surface area contributed by atoms with Gasteiger partial charge in [0.2, 0.25) is 47.3 Å². The van der Waals surface area contributed by atoms with Crippen LogP contribution in [0.15, 0.2) is 195 Å². The molecule has 0 bridgehead atoms. The number of unbranched alkanes of at least 4 members (excludes halogenated alkanes) is 8. The van der Waals surface area contributed by atoms with Crippen molar-refractivity contribution in [1.29, 1.82) is 0 Å². The molecule has 8 amide bonds. The molecule has 12 N–H and O–H groups in total. The van der Waals surface area contributed by atoms with Crippen molar-refractivity contribution < 1.29 is 118 Å². The van der Waals surface area contributed by atoms with Gasteiger partial charge in [0.1, 0.15) is 57.4 Å². The number of alkyl halides is 3. The van der Waals surface area contributed by atoms with Crippen LogP contribution < -0.4 is 64.6 Å². The van der Waals surface area contributed by atoms with Gasteiger partial charge in [-0.3, -0.25) is 67.1 Å². The number of benzene rings is 8. The van der Waals surface area contributed by atoms with Gasteiger partial charge in [-0.25, -0.2) is 19.2 Å². The summed E-state index contributed by atoms with van der Waals surface area (Å²) in [7, 11) is 0. The Bertz CT molecular complexity index is 6750. The van der Waals surface area contributed by atoms with Gasteiger partial charge in [-0.15, -0.1) is 0 Å². The molecule has 0 spiro atoms. The summed E-state index contributed by atoms with van der Waals surface area (Å²) in [6.07, 6.45) is 7.96. The molecule has 150 heavy (non-hydrogen) atoms.